The number of benzene rings is 2. The number of fused-ring (bicyclic) bond motifs is 1. The van der Waals surface area contributed by atoms with Gasteiger partial charge in [0.05, 0.1) is 17.6 Å². The molecule has 0 fully saturated rings. The lowest BCUT2D eigenvalue weighted by Crippen LogP contribution is -2.03. The molecule has 4 nitrogen and oxygen atoms in total. The number of imidazole rings is 1. The van der Waals surface area contributed by atoms with Crippen LogP contribution in [-0.4, -0.2) is 14.4 Å². The first-order valence-corrected chi connectivity index (χ1v) is 7.53. The van der Waals surface area contributed by atoms with Gasteiger partial charge in [-0.3, -0.25) is 9.38 Å². The summed E-state index contributed by atoms with van der Waals surface area (Å²) in [6.07, 6.45) is 5.56. The number of nitrogens with zero attached hydrogens (tertiary/aromatic N) is 3. The Morgan fingerprint density at radius 1 is 0.870 bits per heavy atom. The Hall–Kier alpha value is -2.98. The van der Waals surface area contributed by atoms with E-state index in [1.54, 1.807) is 6.20 Å². The summed E-state index contributed by atoms with van der Waals surface area (Å²) in [6.45, 7) is 0.380. The van der Waals surface area contributed by atoms with Gasteiger partial charge in [-0.2, -0.15) is 0 Å². The molecular formula is C19H16N4. The SMILES string of the molecule is NCc1nccn2c(-c3cccc(-c4ccccc4)c3)cnc12. The van der Waals surface area contributed by atoms with Gasteiger partial charge in [0.2, 0.25) is 0 Å². The van der Waals surface area contributed by atoms with Crippen molar-refractivity contribution in [3.8, 4) is 22.4 Å². The lowest BCUT2D eigenvalue weighted by Gasteiger charge is -2.06. The second kappa shape index (κ2) is 5.66. The van der Waals surface area contributed by atoms with Crippen LogP contribution < -0.4 is 5.73 Å². The van der Waals surface area contributed by atoms with E-state index in [0.29, 0.717) is 6.54 Å². The molecule has 0 bridgehead atoms. The van der Waals surface area contributed by atoms with Gasteiger partial charge < -0.3 is 5.73 Å². The molecule has 2 heterocycles. The smallest absolute Gasteiger partial charge is 0.160 e. The highest BCUT2D eigenvalue weighted by molar-refractivity contribution is 5.72. The van der Waals surface area contributed by atoms with Crippen molar-refractivity contribution < 1.29 is 0 Å². The Kier molecular flexibility index (Phi) is 3.37. The number of nitrogens with two attached hydrogens (primary N) is 1. The van der Waals surface area contributed by atoms with Crippen LogP contribution in [0.15, 0.2) is 73.2 Å². The third-order valence-corrected chi connectivity index (χ3v) is 3.96. The molecule has 2 aromatic heterocycles. The average Bonchev–Trinajstić information content (AvgIpc) is 3.07. The minimum atomic E-state index is 0.380. The predicted octanol–water partition coefficient (Wildman–Crippen LogP) is 3.52. The number of hydrogen-bond acceptors (Lipinski definition) is 3. The maximum atomic E-state index is 5.75. The zero-order valence-corrected chi connectivity index (χ0v) is 12.6. The van der Waals surface area contributed by atoms with E-state index in [1.165, 1.54) is 11.1 Å². The molecule has 2 aromatic carbocycles. The van der Waals surface area contributed by atoms with Crippen LogP contribution in [0.1, 0.15) is 5.69 Å². The second-order valence-electron chi connectivity index (χ2n) is 5.36. The van der Waals surface area contributed by atoms with E-state index in [4.69, 9.17) is 5.73 Å². The molecule has 0 aliphatic rings. The summed E-state index contributed by atoms with van der Waals surface area (Å²) in [5.74, 6) is 0. The lowest BCUT2D eigenvalue weighted by atomic mass is 10.0. The van der Waals surface area contributed by atoms with E-state index in [-0.39, 0.29) is 0 Å². The third-order valence-electron chi connectivity index (χ3n) is 3.96. The van der Waals surface area contributed by atoms with Gasteiger partial charge in [0.25, 0.3) is 0 Å². The lowest BCUT2D eigenvalue weighted by molar-refractivity contribution is 0.963. The minimum absolute atomic E-state index is 0.380. The molecular weight excluding hydrogens is 284 g/mol. The Balaban J connectivity index is 1.86. The van der Waals surface area contributed by atoms with Crippen LogP contribution in [0.2, 0.25) is 0 Å². The summed E-state index contributed by atoms with van der Waals surface area (Å²) >= 11 is 0. The van der Waals surface area contributed by atoms with Gasteiger partial charge in [-0.1, -0.05) is 48.5 Å². The first kappa shape index (κ1) is 13.7. The van der Waals surface area contributed by atoms with Gasteiger partial charge in [-0.05, 0) is 17.2 Å². The van der Waals surface area contributed by atoms with Crippen molar-refractivity contribution in [1.82, 2.24) is 14.4 Å². The van der Waals surface area contributed by atoms with E-state index in [0.717, 1.165) is 22.6 Å². The van der Waals surface area contributed by atoms with Gasteiger partial charge in [-0.25, -0.2) is 4.98 Å². The molecule has 0 unspecified atom stereocenters. The summed E-state index contributed by atoms with van der Waals surface area (Å²) in [7, 11) is 0. The van der Waals surface area contributed by atoms with Crippen molar-refractivity contribution in [2.24, 2.45) is 5.73 Å². The molecule has 4 aromatic rings. The summed E-state index contributed by atoms with van der Waals surface area (Å²) in [4.78, 5) is 8.78. The van der Waals surface area contributed by atoms with Crippen molar-refractivity contribution in [2.75, 3.05) is 0 Å². The van der Waals surface area contributed by atoms with Gasteiger partial charge in [0.1, 0.15) is 0 Å². The standard InChI is InChI=1S/C19H16N4/c20-12-17-19-22-13-18(23(19)10-9-21-17)16-8-4-7-15(11-16)14-5-2-1-3-6-14/h1-11,13H,12,20H2. The van der Waals surface area contributed by atoms with Crippen molar-refractivity contribution in [1.29, 1.82) is 0 Å². The summed E-state index contributed by atoms with van der Waals surface area (Å²) < 4.78 is 2.04. The summed E-state index contributed by atoms with van der Waals surface area (Å²) in [5.41, 5.74) is 11.9. The first-order valence-electron chi connectivity index (χ1n) is 7.53. The summed E-state index contributed by atoms with van der Waals surface area (Å²) in [5, 5.41) is 0. The van der Waals surface area contributed by atoms with E-state index in [2.05, 4.69) is 58.5 Å². The molecule has 0 aliphatic heterocycles. The van der Waals surface area contributed by atoms with E-state index >= 15 is 0 Å². The second-order valence-corrected chi connectivity index (χ2v) is 5.36. The summed E-state index contributed by atoms with van der Waals surface area (Å²) in [6, 6.07) is 18.8. The minimum Gasteiger partial charge on any atom is -0.325 e. The molecule has 0 radical (unpaired) electrons. The Labute approximate surface area is 134 Å². The Morgan fingerprint density at radius 3 is 2.48 bits per heavy atom. The van der Waals surface area contributed by atoms with Crippen LogP contribution in [0, 0.1) is 0 Å². The highest BCUT2D eigenvalue weighted by Crippen LogP contribution is 2.27. The maximum absolute atomic E-state index is 5.75. The molecule has 4 rings (SSSR count). The molecule has 0 amide bonds. The molecule has 2 N–H and O–H groups in total. The van der Waals surface area contributed by atoms with Crippen molar-refractivity contribution in [3.63, 3.8) is 0 Å². The fourth-order valence-corrected chi connectivity index (χ4v) is 2.82. The normalized spacial score (nSPS) is 11.0. The highest BCUT2D eigenvalue weighted by atomic mass is 15.0. The third kappa shape index (κ3) is 2.39. The van der Waals surface area contributed by atoms with Crippen LogP contribution in [0.25, 0.3) is 28.0 Å². The molecule has 0 aliphatic carbocycles. The molecule has 4 heteroatoms. The van der Waals surface area contributed by atoms with Gasteiger partial charge in [-0.15, -0.1) is 0 Å². The van der Waals surface area contributed by atoms with Crippen LogP contribution in [-0.2, 0) is 6.54 Å². The van der Waals surface area contributed by atoms with E-state index < -0.39 is 0 Å². The average molecular weight is 300 g/mol. The van der Waals surface area contributed by atoms with Gasteiger partial charge >= 0.3 is 0 Å². The number of aromatic nitrogens is 3. The molecule has 112 valence electrons. The molecule has 0 spiro atoms. The maximum Gasteiger partial charge on any atom is 0.160 e. The Morgan fingerprint density at radius 2 is 1.65 bits per heavy atom. The molecule has 0 atom stereocenters. The zero-order valence-electron chi connectivity index (χ0n) is 12.6. The monoisotopic (exact) mass is 300 g/mol. The van der Waals surface area contributed by atoms with Gasteiger partial charge in [0, 0.05) is 24.5 Å². The molecule has 0 saturated heterocycles. The largest absolute Gasteiger partial charge is 0.325 e. The van der Waals surface area contributed by atoms with Crippen molar-refractivity contribution in [3.05, 3.63) is 78.9 Å². The quantitative estimate of drug-likeness (QED) is 0.630. The van der Waals surface area contributed by atoms with E-state index in [1.807, 2.05) is 22.9 Å². The van der Waals surface area contributed by atoms with Crippen LogP contribution in [0.3, 0.4) is 0 Å². The Bertz CT molecular complexity index is 957. The zero-order chi connectivity index (χ0) is 15.6. The van der Waals surface area contributed by atoms with Crippen molar-refractivity contribution >= 4 is 5.65 Å². The van der Waals surface area contributed by atoms with E-state index in [9.17, 15) is 0 Å². The highest BCUT2D eigenvalue weighted by Gasteiger charge is 2.10. The van der Waals surface area contributed by atoms with Gasteiger partial charge in [0.15, 0.2) is 5.65 Å². The fourth-order valence-electron chi connectivity index (χ4n) is 2.82. The molecule has 0 saturated carbocycles. The number of rotatable bonds is 3. The number of hydrogen-bond donors (Lipinski definition) is 1. The molecule has 23 heavy (non-hydrogen) atoms. The van der Waals surface area contributed by atoms with Crippen LogP contribution in [0.5, 0.6) is 0 Å². The van der Waals surface area contributed by atoms with Crippen LogP contribution >= 0.6 is 0 Å². The topological polar surface area (TPSA) is 56.2 Å². The first-order chi connectivity index (χ1) is 11.4. The predicted molar refractivity (Wildman–Crippen MR) is 91.8 cm³/mol. The van der Waals surface area contributed by atoms with Crippen LogP contribution in [0.4, 0.5) is 0 Å². The van der Waals surface area contributed by atoms with Crippen molar-refractivity contribution in [2.45, 2.75) is 6.54 Å². The fraction of sp³-hybridized carbons (Fsp3) is 0.0526.